The number of amides is 2. The SMILES string of the molecule is Cn1c(C(=O)NCCNC(=O)c2cccnc2)c(Br)c2ccccc21. The molecule has 1 aromatic carbocycles. The minimum Gasteiger partial charge on any atom is -0.350 e. The van der Waals surface area contributed by atoms with Gasteiger partial charge in [-0.25, -0.2) is 0 Å². The Labute approximate surface area is 153 Å². The topological polar surface area (TPSA) is 76.0 Å². The second-order valence-electron chi connectivity index (χ2n) is 5.49. The van der Waals surface area contributed by atoms with Gasteiger partial charge in [0.15, 0.2) is 0 Å². The molecule has 2 aromatic heterocycles. The van der Waals surface area contributed by atoms with E-state index in [-0.39, 0.29) is 11.8 Å². The predicted octanol–water partition coefficient (Wildman–Crippen LogP) is 2.50. The molecule has 25 heavy (non-hydrogen) atoms. The number of carbonyl (C=O) groups is 2. The van der Waals surface area contributed by atoms with Crippen molar-refractivity contribution in [3.8, 4) is 0 Å². The molecule has 0 spiro atoms. The van der Waals surface area contributed by atoms with Crippen molar-refractivity contribution in [1.82, 2.24) is 20.2 Å². The molecule has 0 radical (unpaired) electrons. The number of carbonyl (C=O) groups excluding carboxylic acids is 2. The number of rotatable bonds is 5. The standard InChI is InChI=1S/C18H17BrN4O2/c1-23-14-7-3-2-6-13(14)15(19)16(23)18(25)22-10-9-21-17(24)12-5-4-8-20-11-12/h2-8,11H,9-10H2,1H3,(H,21,24)(H,22,25). The van der Waals surface area contributed by atoms with Crippen LogP contribution in [0.15, 0.2) is 53.3 Å². The van der Waals surface area contributed by atoms with E-state index in [1.54, 1.807) is 18.3 Å². The summed E-state index contributed by atoms with van der Waals surface area (Å²) in [4.78, 5) is 28.3. The second kappa shape index (κ2) is 7.48. The van der Waals surface area contributed by atoms with E-state index in [1.807, 2.05) is 35.9 Å². The third-order valence-electron chi connectivity index (χ3n) is 3.88. The van der Waals surface area contributed by atoms with Crippen LogP contribution in [0.2, 0.25) is 0 Å². The lowest BCUT2D eigenvalue weighted by Gasteiger charge is -2.08. The summed E-state index contributed by atoms with van der Waals surface area (Å²) < 4.78 is 2.62. The van der Waals surface area contributed by atoms with Gasteiger partial charge in [-0.15, -0.1) is 0 Å². The van der Waals surface area contributed by atoms with Crippen molar-refractivity contribution in [1.29, 1.82) is 0 Å². The van der Waals surface area contributed by atoms with E-state index in [0.29, 0.717) is 24.3 Å². The van der Waals surface area contributed by atoms with Crippen LogP contribution in [-0.2, 0) is 7.05 Å². The number of hydrogen-bond acceptors (Lipinski definition) is 3. The molecule has 3 rings (SSSR count). The number of aromatic nitrogens is 2. The molecule has 6 nitrogen and oxygen atoms in total. The second-order valence-corrected chi connectivity index (χ2v) is 6.29. The summed E-state index contributed by atoms with van der Waals surface area (Å²) in [6.07, 6.45) is 3.11. The quantitative estimate of drug-likeness (QED) is 0.645. The molecule has 0 atom stereocenters. The Kier molecular flexibility index (Phi) is 5.14. The maximum atomic E-state index is 12.5. The van der Waals surface area contributed by atoms with Crippen molar-refractivity contribution in [2.45, 2.75) is 0 Å². The number of nitrogens with zero attached hydrogens (tertiary/aromatic N) is 2. The number of pyridine rings is 1. The molecule has 2 amide bonds. The van der Waals surface area contributed by atoms with E-state index in [2.05, 4.69) is 31.5 Å². The van der Waals surface area contributed by atoms with Crippen molar-refractivity contribution in [3.05, 3.63) is 64.5 Å². The number of nitrogens with one attached hydrogen (secondary N) is 2. The molecular formula is C18H17BrN4O2. The van der Waals surface area contributed by atoms with Crippen LogP contribution >= 0.6 is 15.9 Å². The Morgan fingerprint density at radius 1 is 1.08 bits per heavy atom. The van der Waals surface area contributed by atoms with Crippen LogP contribution < -0.4 is 10.6 Å². The van der Waals surface area contributed by atoms with E-state index < -0.39 is 0 Å². The van der Waals surface area contributed by atoms with Gasteiger partial charge in [-0.3, -0.25) is 14.6 Å². The lowest BCUT2D eigenvalue weighted by Crippen LogP contribution is -2.35. The number of halogens is 1. The fraction of sp³-hybridized carbons (Fsp3) is 0.167. The zero-order chi connectivity index (χ0) is 17.8. The molecular weight excluding hydrogens is 384 g/mol. The molecule has 2 heterocycles. The maximum absolute atomic E-state index is 12.5. The highest BCUT2D eigenvalue weighted by Crippen LogP contribution is 2.29. The van der Waals surface area contributed by atoms with E-state index in [1.165, 1.54) is 6.20 Å². The first-order valence-corrected chi connectivity index (χ1v) is 8.58. The monoisotopic (exact) mass is 400 g/mol. The van der Waals surface area contributed by atoms with E-state index in [9.17, 15) is 9.59 Å². The fourth-order valence-corrected chi connectivity index (χ4v) is 3.42. The highest BCUT2D eigenvalue weighted by Gasteiger charge is 2.18. The minimum atomic E-state index is -0.215. The van der Waals surface area contributed by atoms with Crippen LogP contribution in [0.4, 0.5) is 0 Å². The summed E-state index contributed by atoms with van der Waals surface area (Å²) in [6, 6.07) is 11.2. The third kappa shape index (κ3) is 3.56. The van der Waals surface area contributed by atoms with Gasteiger partial charge in [-0.2, -0.15) is 0 Å². The van der Waals surface area contributed by atoms with Gasteiger partial charge < -0.3 is 15.2 Å². The van der Waals surface area contributed by atoms with Crippen LogP contribution in [0.3, 0.4) is 0 Å². The first-order valence-electron chi connectivity index (χ1n) is 7.79. The molecule has 0 fully saturated rings. The fourth-order valence-electron chi connectivity index (χ4n) is 2.63. The molecule has 0 aliphatic rings. The predicted molar refractivity (Wildman–Crippen MR) is 99.5 cm³/mol. The summed E-state index contributed by atoms with van der Waals surface area (Å²) in [5.41, 5.74) is 2.02. The van der Waals surface area contributed by atoms with Gasteiger partial charge in [-0.05, 0) is 34.1 Å². The average molecular weight is 401 g/mol. The van der Waals surface area contributed by atoms with Gasteiger partial charge in [0.1, 0.15) is 5.69 Å². The van der Waals surface area contributed by atoms with Crippen molar-refractivity contribution >= 4 is 38.6 Å². The van der Waals surface area contributed by atoms with Crippen LogP contribution in [0, 0.1) is 0 Å². The Morgan fingerprint density at radius 3 is 2.48 bits per heavy atom. The average Bonchev–Trinajstić information content (AvgIpc) is 2.90. The summed E-state index contributed by atoms with van der Waals surface area (Å²) in [7, 11) is 1.85. The molecule has 0 aliphatic heterocycles. The Morgan fingerprint density at radius 2 is 1.80 bits per heavy atom. The largest absolute Gasteiger partial charge is 0.350 e. The van der Waals surface area contributed by atoms with Gasteiger partial charge in [0.25, 0.3) is 11.8 Å². The third-order valence-corrected chi connectivity index (χ3v) is 4.68. The van der Waals surface area contributed by atoms with Crippen LogP contribution in [0.5, 0.6) is 0 Å². The molecule has 0 saturated carbocycles. The van der Waals surface area contributed by atoms with Gasteiger partial charge in [0.2, 0.25) is 0 Å². The number of para-hydroxylation sites is 1. The molecule has 128 valence electrons. The normalized spacial score (nSPS) is 10.6. The van der Waals surface area contributed by atoms with Crippen LogP contribution in [-0.4, -0.2) is 34.5 Å². The number of aryl methyl sites for hydroxylation is 1. The summed E-state index contributed by atoms with van der Waals surface area (Å²) in [5, 5.41) is 6.56. The van der Waals surface area contributed by atoms with E-state index >= 15 is 0 Å². The summed E-state index contributed by atoms with van der Waals surface area (Å²) >= 11 is 3.51. The highest BCUT2D eigenvalue weighted by atomic mass is 79.9. The first-order chi connectivity index (χ1) is 12.1. The summed E-state index contributed by atoms with van der Waals surface area (Å²) in [5.74, 6) is -0.408. The first kappa shape index (κ1) is 17.2. The molecule has 0 unspecified atom stereocenters. The van der Waals surface area contributed by atoms with Crippen molar-refractivity contribution in [2.75, 3.05) is 13.1 Å². The Hall–Kier alpha value is -2.67. The Bertz CT molecular complexity index is 882. The van der Waals surface area contributed by atoms with Crippen LogP contribution in [0.25, 0.3) is 10.9 Å². The highest BCUT2D eigenvalue weighted by molar-refractivity contribution is 9.10. The number of hydrogen-bond donors (Lipinski definition) is 2. The van der Waals surface area contributed by atoms with E-state index in [0.717, 1.165) is 15.4 Å². The molecule has 7 heteroatoms. The number of fused-ring (bicyclic) bond motifs is 1. The lowest BCUT2D eigenvalue weighted by molar-refractivity contribution is 0.0923. The molecule has 3 aromatic rings. The lowest BCUT2D eigenvalue weighted by atomic mass is 10.2. The van der Waals surface area contributed by atoms with Crippen molar-refractivity contribution in [2.24, 2.45) is 7.05 Å². The van der Waals surface area contributed by atoms with Gasteiger partial charge in [0, 0.05) is 43.4 Å². The minimum absolute atomic E-state index is 0.193. The molecule has 2 N–H and O–H groups in total. The van der Waals surface area contributed by atoms with Gasteiger partial charge >= 0.3 is 0 Å². The van der Waals surface area contributed by atoms with Crippen LogP contribution in [0.1, 0.15) is 20.8 Å². The zero-order valence-electron chi connectivity index (χ0n) is 13.6. The van der Waals surface area contributed by atoms with Crippen molar-refractivity contribution < 1.29 is 9.59 Å². The molecule has 0 aliphatic carbocycles. The molecule has 0 saturated heterocycles. The number of benzene rings is 1. The summed E-state index contributed by atoms with van der Waals surface area (Å²) in [6.45, 7) is 0.666. The smallest absolute Gasteiger partial charge is 0.269 e. The molecule has 0 bridgehead atoms. The Balaban J connectivity index is 1.59. The van der Waals surface area contributed by atoms with E-state index in [4.69, 9.17) is 0 Å². The van der Waals surface area contributed by atoms with Gasteiger partial charge in [-0.1, -0.05) is 18.2 Å². The van der Waals surface area contributed by atoms with Crippen molar-refractivity contribution in [3.63, 3.8) is 0 Å². The zero-order valence-corrected chi connectivity index (χ0v) is 15.2. The van der Waals surface area contributed by atoms with Gasteiger partial charge in [0.05, 0.1) is 10.0 Å². The maximum Gasteiger partial charge on any atom is 0.269 e.